The number of hydrogen-bond donors (Lipinski definition) is 1. The first-order chi connectivity index (χ1) is 10.7. The molecule has 0 bridgehead atoms. The number of H-pyrrole nitrogens is 1. The van der Waals surface area contributed by atoms with Gasteiger partial charge in [0.25, 0.3) is 0 Å². The molecule has 1 aromatic carbocycles. The molecule has 0 saturated carbocycles. The number of benzene rings is 1. The Bertz CT molecular complexity index is 646. The van der Waals surface area contributed by atoms with Gasteiger partial charge < -0.3 is 14.5 Å². The van der Waals surface area contributed by atoms with E-state index in [1.807, 2.05) is 0 Å². The molecule has 0 fully saturated rings. The lowest BCUT2D eigenvalue weighted by atomic mass is 9.92. The first-order valence-electron chi connectivity index (χ1n) is 8.41. The Morgan fingerprint density at radius 1 is 1.32 bits per heavy atom. The fourth-order valence-electron chi connectivity index (χ4n) is 4.02. The van der Waals surface area contributed by atoms with Gasteiger partial charge in [0.05, 0.1) is 6.10 Å². The molecule has 1 unspecified atom stereocenters. The van der Waals surface area contributed by atoms with Gasteiger partial charge in [0.15, 0.2) is 0 Å². The van der Waals surface area contributed by atoms with Crippen LogP contribution in [0.3, 0.4) is 0 Å². The Morgan fingerprint density at radius 3 is 2.86 bits per heavy atom. The van der Waals surface area contributed by atoms with Gasteiger partial charge in [-0.2, -0.15) is 0 Å². The Morgan fingerprint density at radius 2 is 2.14 bits per heavy atom. The molecular formula is C19H27NO2. The van der Waals surface area contributed by atoms with E-state index in [1.165, 1.54) is 34.0 Å². The minimum Gasteiger partial charge on any atom is -0.361 e. The van der Waals surface area contributed by atoms with Gasteiger partial charge in [0.2, 0.25) is 0 Å². The molecular weight excluding hydrogens is 274 g/mol. The molecule has 3 heteroatoms. The minimum atomic E-state index is 0.108. The Balaban J connectivity index is 2.11. The fourth-order valence-corrected chi connectivity index (χ4v) is 4.02. The van der Waals surface area contributed by atoms with Crippen molar-refractivity contribution in [1.29, 1.82) is 0 Å². The van der Waals surface area contributed by atoms with Crippen molar-refractivity contribution in [3.8, 4) is 0 Å². The predicted molar refractivity (Wildman–Crippen MR) is 90.4 cm³/mol. The summed E-state index contributed by atoms with van der Waals surface area (Å²) in [4.78, 5) is 3.48. The highest BCUT2D eigenvalue weighted by atomic mass is 16.7. The Hall–Kier alpha value is -1.32. The van der Waals surface area contributed by atoms with E-state index in [0.717, 1.165) is 12.8 Å². The van der Waals surface area contributed by atoms with Crippen LogP contribution in [0.15, 0.2) is 18.3 Å². The van der Waals surface area contributed by atoms with Crippen molar-refractivity contribution in [2.75, 3.05) is 13.9 Å². The SMILES string of the molecule is CCCC(OCOC)c1cc2c(c3[nH]ccc13)[C@@H](C)C[C@@H]2C. The maximum absolute atomic E-state index is 5.98. The molecule has 2 aromatic rings. The van der Waals surface area contributed by atoms with Crippen LogP contribution in [0.1, 0.15) is 74.7 Å². The van der Waals surface area contributed by atoms with Crippen molar-refractivity contribution in [2.45, 2.75) is 58.0 Å². The van der Waals surface area contributed by atoms with Crippen LogP contribution in [-0.2, 0) is 9.47 Å². The quantitative estimate of drug-likeness (QED) is 0.740. The second-order valence-corrected chi connectivity index (χ2v) is 6.62. The van der Waals surface area contributed by atoms with Crippen LogP contribution >= 0.6 is 0 Å². The number of nitrogens with one attached hydrogen (secondary N) is 1. The number of aromatic amines is 1. The zero-order valence-corrected chi connectivity index (χ0v) is 14.1. The summed E-state index contributed by atoms with van der Waals surface area (Å²) in [5.74, 6) is 1.26. The maximum Gasteiger partial charge on any atom is 0.147 e. The number of fused-ring (bicyclic) bond motifs is 3. The van der Waals surface area contributed by atoms with Crippen LogP contribution in [0.5, 0.6) is 0 Å². The zero-order valence-electron chi connectivity index (χ0n) is 14.1. The van der Waals surface area contributed by atoms with Crippen molar-refractivity contribution in [2.24, 2.45) is 0 Å². The molecule has 3 rings (SSSR count). The molecule has 0 amide bonds. The van der Waals surface area contributed by atoms with Gasteiger partial charge in [-0.1, -0.05) is 33.3 Å². The lowest BCUT2D eigenvalue weighted by Crippen LogP contribution is -2.08. The van der Waals surface area contributed by atoms with Crippen LogP contribution in [0.4, 0.5) is 0 Å². The maximum atomic E-state index is 5.98. The Kier molecular flexibility index (Phi) is 4.55. The third kappa shape index (κ3) is 2.57. The van der Waals surface area contributed by atoms with E-state index in [-0.39, 0.29) is 6.10 Å². The lowest BCUT2D eigenvalue weighted by Gasteiger charge is -2.20. The molecule has 1 heterocycles. The molecule has 0 aliphatic heterocycles. The highest BCUT2D eigenvalue weighted by Gasteiger charge is 2.30. The van der Waals surface area contributed by atoms with E-state index in [4.69, 9.17) is 9.47 Å². The van der Waals surface area contributed by atoms with Gasteiger partial charge in [0, 0.05) is 24.2 Å². The highest BCUT2D eigenvalue weighted by Crippen LogP contribution is 2.46. The molecule has 0 radical (unpaired) electrons. The molecule has 3 nitrogen and oxygen atoms in total. The second kappa shape index (κ2) is 6.43. The molecule has 0 saturated heterocycles. The average molecular weight is 301 g/mol. The largest absolute Gasteiger partial charge is 0.361 e. The van der Waals surface area contributed by atoms with Gasteiger partial charge in [-0.05, 0) is 47.4 Å². The summed E-state index contributed by atoms with van der Waals surface area (Å²) in [6.45, 7) is 7.23. The molecule has 1 aromatic heterocycles. The standard InChI is InChI=1S/C19H27NO2/c1-5-6-17(22-11-21-4)16-10-15-12(2)9-13(3)18(15)19-14(16)7-8-20-19/h7-8,10,12-13,17,20H,5-6,9,11H2,1-4H3/t12-,13-,17?/m0/s1. The summed E-state index contributed by atoms with van der Waals surface area (Å²) in [7, 11) is 1.68. The number of ether oxygens (including phenoxy) is 2. The molecule has 1 aliphatic rings. The van der Waals surface area contributed by atoms with Gasteiger partial charge in [-0.15, -0.1) is 0 Å². The first-order valence-corrected chi connectivity index (χ1v) is 8.41. The van der Waals surface area contributed by atoms with Gasteiger partial charge >= 0.3 is 0 Å². The van der Waals surface area contributed by atoms with Crippen LogP contribution < -0.4 is 0 Å². The number of rotatable bonds is 6. The van der Waals surface area contributed by atoms with E-state index >= 15 is 0 Å². The summed E-state index contributed by atoms with van der Waals surface area (Å²) < 4.78 is 11.1. The van der Waals surface area contributed by atoms with E-state index < -0.39 is 0 Å². The summed E-state index contributed by atoms with van der Waals surface area (Å²) in [5.41, 5.74) is 5.64. The molecule has 1 N–H and O–H groups in total. The van der Waals surface area contributed by atoms with E-state index in [0.29, 0.717) is 18.6 Å². The lowest BCUT2D eigenvalue weighted by molar-refractivity contribution is -0.0755. The molecule has 0 spiro atoms. The van der Waals surface area contributed by atoms with Crippen LogP contribution in [0.2, 0.25) is 0 Å². The molecule has 1 aliphatic carbocycles. The number of aromatic nitrogens is 1. The summed E-state index contributed by atoms with van der Waals surface area (Å²) in [6, 6.07) is 4.59. The molecule has 120 valence electrons. The van der Waals surface area contributed by atoms with Crippen LogP contribution in [0.25, 0.3) is 10.9 Å². The normalized spacial score (nSPS) is 22.2. The van der Waals surface area contributed by atoms with E-state index in [9.17, 15) is 0 Å². The highest BCUT2D eigenvalue weighted by molar-refractivity contribution is 5.88. The van der Waals surface area contributed by atoms with Crippen molar-refractivity contribution < 1.29 is 9.47 Å². The summed E-state index contributed by atoms with van der Waals surface area (Å²) in [6.07, 6.45) is 5.53. The van der Waals surface area contributed by atoms with Crippen LogP contribution in [-0.4, -0.2) is 18.9 Å². The number of methoxy groups -OCH3 is 1. The van der Waals surface area contributed by atoms with E-state index in [2.05, 4.69) is 44.1 Å². The van der Waals surface area contributed by atoms with Crippen molar-refractivity contribution in [3.63, 3.8) is 0 Å². The zero-order chi connectivity index (χ0) is 15.7. The second-order valence-electron chi connectivity index (χ2n) is 6.62. The third-order valence-corrected chi connectivity index (χ3v) is 4.97. The summed E-state index contributed by atoms with van der Waals surface area (Å²) >= 11 is 0. The monoisotopic (exact) mass is 301 g/mol. The minimum absolute atomic E-state index is 0.108. The van der Waals surface area contributed by atoms with Crippen molar-refractivity contribution in [1.82, 2.24) is 4.98 Å². The fraction of sp³-hybridized carbons (Fsp3) is 0.579. The third-order valence-electron chi connectivity index (χ3n) is 4.97. The van der Waals surface area contributed by atoms with Crippen molar-refractivity contribution >= 4 is 10.9 Å². The Labute approximate surface area is 133 Å². The summed E-state index contributed by atoms with van der Waals surface area (Å²) in [5, 5.41) is 1.31. The average Bonchev–Trinajstić information content (AvgIpc) is 3.08. The molecule has 22 heavy (non-hydrogen) atoms. The van der Waals surface area contributed by atoms with Gasteiger partial charge in [0.1, 0.15) is 6.79 Å². The van der Waals surface area contributed by atoms with Crippen molar-refractivity contribution in [3.05, 3.63) is 35.0 Å². The van der Waals surface area contributed by atoms with Gasteiger partial charge in [-0.3, -0.25) is 0 Å². The van der Waals surface area contributed by atoms with Gasteiger partial charge in [-0.25, -0.2) is 0 Å². The first kappa shape index (κ1) is 15.6. The topological polar surface area (TPSA) is 34.2 Å². The predicted octanol–water partition coefficient (Wildman–Crippen LogP) is 5.24. The smallest absolute Gasteiger partial charge is 0.147 e. The number of hydrogen-bond acceptors (Lipinski definition) is 2. The molecule has 3 atom stereocenters. The van der Waals surface area contributed by atoms with Crippen LogP contribution in [0, 0.1) is 0 Å². The van der Waals surface area contributed by atoms with E-state index in [1.54, 1.807) is 7.11 Å².